The molecule has 2 aliphatic rings. The Bertz CT molecular complexity index is 488. The molecule has 3 rings (SSSR count). The minimum absolute atomic E-state index is 0.553. The number of ether oxygens (including phenoxy) is 1. The molecule has 0 aromatic heterocycles. The minimum Gasteiger partial charge on any atom is -0.497 e. The van der Waals surface area contributed by atoms with Gasteiger partial charge in [-0.25, -0.2) is 0 Å². The van der Waals surface area contributed by atoms with Crippen LogP contribution >= 0.6 is 0 Å². The molecule has 1 aromatic rings. The number of fused-ring (bicyclic) bond motifs is 1. The first-order valence-corrected chi connectivity index (χ1v) is 8.33. The van der Waals surface area contributed by atoms with E-state index >= 15 is 0 Å². The predicted octanol–water partition coefficient (Wildman–Crippen LogP) is 3.13. The third-order valence-electron chi connectivity index (χ3n) is 5.57. The highest BCUT2D eigenvalue weighted by Crippen LogP contribution is 2.40. The van der Waals surface area contributed by atoms with Crippen LogP contribution in [0.4, 0.5) is 0 Å². The van der Waals surface area contributed by atoms with Gasteiger partial charge >= 0.3 is 0 Å². The van der Waals surface area contributed by atoms with Gasteiger partial charge < -0.3 is 10.5 Å². The van der Waals surface area contributed by atoms with Gasteiger partial charge in [0.15, 0.2) is 0 Å². The van der Waals surface area contributed by atoms with Gasteiger partial charge in [-0.15, -0.1) is 0 Å². The van der Waals surface area contributed by atoms with E-state index in [9.17, 15) is 0 Å². The molecule has 3 nitrogen and oxygen atoms in total. The summed E-state index contributed by atoms with van der Waals surface area (Å²) < 4.78 is 5.38. The van der Waals surface area contributed by atoms with E-state index in [1.807, 2.05) is 0 Å². The van der Waals surface area contributed by atoms with E-state index in [1.54, 1.807) is 7.11 Å². The Morgan fingerprint density at radius 2 is 2.10 bits per heavy atom. The van der Waals surface area contributed by atoms with Crippen LogP contribution in [-0.4, -0.2) is 31.6 Å². The predicted molar refractivity (Wildman–Crippen MR) is 86.6 cm³/mol. The largest absolute Gasteiger partial charge is 0.497 e. The van der Waals surface area contributed by atoms with Crippen molar-refractivity contribution in [3.05, 3.63) is 29.3 Å². The fourth-order valence-corrected chi connectivity index (χ4v) is 4.37. The van der Waals surface area contributed by atoms with Crippen LogP contribution in [0, 0.1) is 5.92 Å². The molecule has 0 saturated heterocycles. The topological polar surface area (TPSA) is 38.5 Å². The van der Waals surface area contributed by atoms with Gasteiger partial charge in [0, 0.05) is 12.1 Å². The molecule has 1 fully saturated rings. The van der Waals surface area contributed by atoms with Gasteiger partial charge in [-0.3, -0.25) is 4.90 Å². The second-order valence-electron chi connectivity index (χ2n) is 6.63. The first-order valence-electron chi connectivity index (χ1n) is 8.33. The maximum Gasteiger partial charge on any atom is 0.119 e. The molecule has 0 heterocycles. The van der Waals surface area contributed by atoms with Gasteiger partial charge in [0.2, 0.25) is 0 Å². The van der Waals surface area contributed by atoms with E-state index in [2.05, 4.69) is 30.1 Å². The zero-order chi connectivity index (χ0) is 14.8. The van der Waals surface area contributed by atoms with Gasteiger partial charge in [-0.2, -0.15) is 0 Å². The molecular weight excluding hydrogens is 260 g/mol. The van der Waals surface area contributed by atoms with Gasteiger partial charge in [-0.1, -0.05) is 12.5 Å². The van der Waals surface area contributed by atoms with Gasteiger partial charge in [-0.05, 0) is 74.9 Å². The van der Waals surface area contributed by atoms with Crippen LogP contribution in [0.15, 0.2) is 18.2 Å². The molecule has 0 bridgehead atoms. The molecule has 2 aliphatic carbocycles. The summed E-state index contributed by atoms with van der Waals surface area (Å²) in [4.78, 5) is 2.62. The summed E-state index contributed by atoms with van der Waals surface area (Å²) in [6, 6.07) is 7.83. The van der Waals surface area contributed by atoms with Crippen molar-refractivity contribution < 1.29 is 4.74 Å². The number of hydrogen-bond donors (Lipinski definition) is 1. The smallest absolute Gasteiger partial charge is 0.119 e. The molecule has 0 amide bonds. The Morgan fingerprint density at radius 1 is 1.24 bits per heavy atom. The van der Waals surface area contributed by atoms with Crippen molar-refractivity contribution in [2.45, 2.75) is 50.6 Å². The molecule has 3 heteroatoms. The first-order chi connectivity index (χ1) is 10.2. The highest BCUT2D eigenvalue weighted by molar-refractivity contribution is 5.39. The van der Waals surface area contributed by atoms with Crippen molar-refractivity contribution in [3.8, 4) is 5.75 Å². The third-order valence-corrected chi connectivity index (χ3v) is 5.57. The summed E-state index contributed by atoms with van der Waals surface area (Å²) in [6.45, 7) is 0.831. The Kier molecular flexibility index (Phi) is 4.51. The summed E-state index contributed by atoms with van der Waals surface area (Å²) in [5.41, 5.74) is 8.96. The molecule has 0 spiro atoms. The van der Waals surface area contributed by atoms with E-state index in [-0.39, 0.29) is 0 Å². The second kappa shape index (κ2) is 6.37. The molecule has 0 aliphatic heterocycles. The molecule has 1 saturated carbocycles. The first kappa shape index (κ1) is 14.9. The third kappa shape index (κ3) is 2.82. The molecule has 3 atom stereocenters. The van der Waals surface area contributed by atoms with E-state index in [1.165, 1.54) is 49.7 Å². The lowest BCUT2D eigenvalue weighted by Gasteiger charge is -2.39. The van der Waals surface area contributed by atoms with Crippen LogP contribution in [0.2, 0.25) is 0 Å². The van der Waals surface area contributed by atoms with E-state index < -0.39 is 0 Å². The van der Waals surface area contributed by atoms with Crippen LogP contribution in [0.1, 0.15) is 49.3 Å². The molecule has 116 valence electrons. The van der Waals surface area contributed by atoms with Crippen molar-refractivity contribution in [3.63, 3.8) is 0 Å². The van der Waals surface area contributed by atoms with Crippen molar-refractivity contribution >= 4 is 0 Å². The number of rotatable bonds is 4. The summed E-state index contributed by atoms with van der Waals surface area (Å²) in [5.74, 6) is 1.66. The van der Waals surface area contributed by atoms with Crippen LogP contribution in [-0.2, 0) is 6.42 Å². The number of hydrogen-bond acceptors (Lipinski definition) is 3. The SMILES string of the molecule is COc1ccc2c(c1)CCCC2N(C)C1CCCC1CN. The number of aryl methyl sites for hydroxylation is 1. The molecule has 0 radical (unpaired) electrons. The van der Waals surface area contributed by atoms with Gasteiger partial charge in [0.05, 0.1) is 7.11 Å². The average Bonchev–Trinajstić information content (AvgIpc) is 3.01. The highest BCUT2D eigenvalue weighted by atomic mass is 16.5. The Balaban J connectivity index is 1.84. The molecule has 1 aromatic carbocycles. The molecular formula is C18H28N2O. The maximum atomic E-state index is 5.98. The lowest BCUT2D eigenvalue weighted by atomic mass is 9.85. The van der Waals surface area contributed by atoms with Crippen molar-refractivity contribution in [2.75, 3.05) is 20.7 Å². The molecule has 3 unspecified atom stereocenters. The fourth-order valence-electron chi connectivity index (χ4n) is 4.37. The lowest BCUT2D eigenvalue weighted by Crippen LogP contribution is -2.41. The molecule has 2 N–H and O–H groups in total. The average molecular weight is 288 g/mol. The number of methoxy groups -OCH3 is 1. The van der Waals surface area contributed by atoms with Crippen molar-refractivity contribution in [1.29, 1.82) is 0 Å². The fraction of sp³-hybridized carbons (Fsp3) is 0.667. The van der Waals surface area contributed by atoms with Crippen LogP contribution in [0.25, 0.3) is 0 Å². The number of nitrogens with zero attached hydrogens (tertiary/aromatic N) is 1. The van der Waals surface area contributed by atoms with Crippen LogP contribution < -0.4 is 10.5 Å². The summed E-state index contributed by atoms with van der Waals surface area (Å²) in [6.07, 6.45) is 7.66. The van der Waals surface area contributed by atoms with E-state index in [0.29, 0.717) is 18.0 Å². The van der Waals surface area contributed by atoms with Crippen LogP contribution in [0.3, 0.4) is 0 Å². The summed E-state index contributed by atoms with van der Waals surface area (Å²) in [5, 5.41) is 0. The van der Waals surface area contributed by atoms with Gasteiger partial charge in [0.25, 0.3) is 0 Å². The Labute approximate surface area is 128 Å². The number of nitrogens with two attached hydrogens (primary N) is 1. The van der Waals surface area contributed by atoms with Crippen molar-refractivity contribution in [2.24, 2.45) is 11.7 Å². The lowest BCUT2D eigenvalue weighted by molar-refractivity contribution is 0.129. The normalized spacial score (nSPS) is 28.7. The monoisotopic (exact) mass is 288 g/mol. The van der Waals surface area contributed by atoms with Crippen LogP contribution in [0.5, 0.6) is 5.75 Å². The molecule has 21 heavy (non-hydrogen) atoms. The Morgan fingerprint density at radius 3 is 2.86 bits per heavy atom. The summed E-state index contributed by atoms with van der Waals surface area (Å²) in [7, 11) is 4.06. The zero-order valence-electron chi connectivity index (χ0n) is 13.3. The van der Waals surface area contributed by atoms with E-state index in [4.69, 9.17) is 10.5 Å². The van der Waals surface area contributed by atoms with E-state index in [0.717, 1.165) is 12.3 Å². The number of benzene rings is 1. The second-order valence-corrected chi connectivity index (χ2v) is 6.63. The maximum absolute atomic E-state index is 5.98. The highest BCUT2D eigenvalue weighted by Gasteiger charge is 2.34. The minimum atomic E-state index is 0.553. The van der Waals surface area contributed by atoms with Gasteiger partial charge in [0.1, 0.15) is 5.75 Å². The van der Waals surface area contributed by atoms with Crippen molar-refractivity contribution in [1.82, 2.24) is 4.90 Å². The standard InChI is InChI=1S/C18H28N2O/c1-20(17-7-4-6-14(17)12-19)18-8-3-5-13-11-15(21-2)9-10-16(13)18/h9-11,14,17-18H,3-8,12,19H2,1-2H3. The quantitative estimate of drug-likeness (QED) is 0.925. The Hall–Kier alpha value is -1.06. The summed E-state index contributed by atoms with van der Waals surface area (Å²) >= 11 is 0. The zero-order valence-corrected chi connectivity index (χ0v) is 13.3.